The zero-order valence-corrected chi connectivity index (χ0v) is 51.1. The van der Waals surface area contributed by atoms with Crippen LogP contribution in [0, 0.1) is 0 Å². The van der Waals surface area contributed by atoms with Crippen LogP contribution in [-0.4, -0.2) is 251 Å². The SMILES string of the molecule is c1c2cc3c(c1OCCOCCOCCOCCO2)-c1nc-3nc2[nH]c(nc3nc(nc4[nH]c(n1)c1cc5cc(c41)OCCOCCOCCOCCO5)-c1cc4cc(c1-3)OCCOCCOCCOCCO4)c1cc3cc(c21)OCCOCCOCCOCCO3. The minimum atomic E-state index is 0.161. The third-order valence-electron chi connectivity index (χ3n) is 14.9. The minimum absolute atomic E-state index is 0.161. The Morgan fingerprint density at radius 1 is 0.217 bits per heavy atom. The van der Waals surface area contributed by atoms with E-state index in [1.165, 1.54) is 0 Å². The number of ether oxygens (including phenoxy) is 20. The summed E-state index contributed by atoms with van der Waals surface area (Å²) in [7, 11) is 0. The Bertz CT molecular complexity index is 3550. The fourth-order valence-electron chi connectivity index (χ4n) is 10.7. The first-order valence-corrected chi connectivity index (χ1v) is 31.2. The molecule has 0 atom stereocenters. The van der Waals surface area contributed by atoms with Crippen molar-refractivity contribution in [3.63, 3.8) is 0 Å². The molecule has 6 aliphatic rings. The molecule has 28 heteroatoms. The van der Waals surface area contributed by atoms with Crippen molar-refractivity contribution in [1.82, 2.24) is 39.9 Å². The molecule has 0 radical (unpaired) electrons. The lowest BCUT2D eigenvalue weighted by Crippen LogP contribution is -2.15. The number of rotatable bonds is 0. The van der Waals surface area contributed by atoms with Crippen molar-refractivity contribution in [3.8, 4) is 91.5 Å². The Balaban J connectivity index is 1.09. The molecule has 16 bridgehead atoms. The molecule has 490 valence electrons. The zero-order chi connectivity index (χ0) is 61.9. The monoisotopic (exact) mass is 1270 g/mol. The van der Waals surface area contributed by atoms with Crippen LogP contribution in [0.15, 0.2) is 48.5 Å². The minimum Gasteiger partial charge on any atom is -0.491 e. The van der Waals surface area contributed by atoms with E-state index in [0.29, 0.717) is 245 Å². The lowest BCUT2D eigenvalue weighted by Gasteiger charge is -2.15. The van der Waals surface area contributed by atoms with Gasteiger partial charge in [0.25, 0.3) is 0 Å². The highest BCUT2D eigenvalue weighted by molar-refractivity contribution is 6.11. The number of benzene rings is 4. The summed E-state index contributed by atoms with van der Waals surface area (Å²) in [5.41, 5.74) is 3.43. The maximum Gasteiger partial charge on any atom is 0.168 e. The molecule has 0 amide bonds. The van der Waals surface area contributed by atoms with Crippen LogP contribution in [0.1, 0.15) is 0 Å². The molecule has 0 unspecified atom stereocenters. The molecule has 13 rings (SSSR count). The standard InChI is InChI=1S/C64H74N8O20/c1-9-77-17-25-85-41-33-45-53(49(37-41)89-29-21-81-13-5-73-1)61-65-57(45)69-62-54-46(34-42-38-50(54)90-30-22-82-14-6-74-2-10-78-18-26-86-42)59(66-62)71-64-56-48(36-44-40-52(56)92-32-24-84-16-8-76-4-12-80-20-28-88-44)60(68-64)72-63-55-47(58(67-63)70-61)35-43-39-51(55)91-31-23-83-15-7-75-3-11-79-19-27-87-43/h33-40H,1-32H2,(H2,65,66,67,68,69,70,71,72). The number of H-pyrrole nitrogens is 2. The van der Waals surface area contributed by atoms with Gasteiger partial charge in [0, 0.05) is 46.2 Å². The van der Waals surface area contributed by atoms with Crippen LogP contribution in [0.3, 0.4) is 0 Å². The summed E-state index contributed by atoms with van der Waals surface area (Å²) in [4.78, 5) is 39.6. The molecule has 2 N–H and O–H groups in total. The van der Waals surface area contributed by atoms with Crippen LogP contribution < -0.4 is 37.9 Å². The first-order valence-electron chi connectivity index (χ1n) is 31.2. The molecule has 7 aromatic rings. The number of hydrogen-bond donors (Lipinski definition) is 2. The second-order valence-corrected chi connectivity index (χ2v) is 21.1. The predicted octanol–water partition coefficient (Wildman–Crippen LogP) is 6.15. The maximum absolute atomic E-state index is 6.68. The molecular formula is C64H74N8O20. The van der Waals surface area contributed by atoms with Crippen LogP contribution in [0.4, 0.5) is 0 Å². The fourth-order valence-corrected chi connectivity index (χ4v) is 10.7. The smallest absolute Gasteiger partial charge is 0.168 e. The Hall–Kier alpha value is -7.84. The first-order chi connectivity index (χ1) is 45.7. The van der Waals surface area contributed by atoms with E-state index in [0.717, 1.165) is 0 Å². The van der Waals surface area contributed by atoms with Crippen LogP contribution >= 0.6 is 0 Å². The van der Waals surface area contributed by atoms with Gasteiger partial charge in [0.15, 0.2) is 23.3 Å². The fraction of sp³-hybridized carbons (Fsp3) is 0.500. The average Bonchev–Trinajstić information content (AvgIpc) is 1.61. The van der Waals surface area contributed by atoms with Gasteiger partial charge in [-0.2, -0.15) is 0 Å². The van der Waals surface area contributed by atoms with Crippen LogP contribution in [0.2, 0.25) is 0 Å². The van der Waals surface area contributed by atoms with E-state index in [2.05, 4.69) is 9.97 Å². The van der Waals surface area contributed by atoms with E-state index in [-0.39, 0.29) is 103 Å². The van der Waals surface area contributed by atoms with Gasteiger partial charge in [0.2, 0.25) is 0 Å². The van der Waals surface area contributed by atoms with Gasteiger partial charge in [-0.15, -0.1) is 0 Å². The van der Waals surface area contributed by atoms with E-state index >= 15 is 0 Å². The Kier molecular flexibility index (Phi) is 22.0. The number of fused-ring (bicyclic) bond motifs is 32. The summed E-state index contributed by atoms with van der Waals surface area (Å²) in [5, 5.41) is 2.23. The number of hydrogen-bond acceptors (Lipinski definition) is 26. The number of nitrogens with zero attached hydrogens (tertiary/aromatic N) is 6. The maximum atomic E-state index is 6.68. The topological polar surface area (TPSA) is 294 Å². The Morgan fingerprint density at radius 2 is 0.457 bits per heavy atom. The van der Waals surface area contributed by atoms with Crippen LogP contribution in [0.5, 0.6) is 46.0 Å². The molecule has 4 aromatic carbocycles. The first kappa shape index (κ1) is 62.9. The molecule has 0 saturated heterocycles. The summed E-state index contributed by atoms with van der Waals surface area (Å²) in [5.74, 6) is 4.49. The summed E-state index contributed by atoms with van der Waals surface area (Å²) >= 11 is 0. The Labute approximate surface area is 528 Å². The highest BCUT2D eigenvalue weighted by Crippen LogP contribution is 2.48. The van der Waals surface area contributed by atoms with Crippen LogP contribution in [-0.2, 0) is 56.8 Å². The molecule has 9 heterocycles. The number of aromatic amines is 2. The van der Waals surface area contributed by atoms with Crippen molar-refractivity contribution in [3.05, 3.63) is 48.5 Å². The van der Waals surface area contributed by atoms with Crippen LogP contribution in [0.25, 0.3) is 89.7 Å². The van der Waals surface area contributed by atoms with Gasteiger partial charge in [-0.25, -0.2) is 29.9 Å². The zero-order valence-electron chi connectivity index (χ0n) is 51.1. The van der Waals surface area contributed by atoms with Crippen molar-refractivity contribution in [2.45, 2.75) is 0 Å². The largest absolute Gasteiger partial charge is 0.491 e. The van der Waals surface area contributed by atoms with E-state index in [4.69, 9.17) is 125 Å². The third kappa shape index (κ3) is 16.0. The van der Waals surface area contributed by atoms with E-state index in [1.54, 1.807) is 0 Å². The molecule has 0 saturated carbocycles. The number of nitrogens with one attached hydrogen (secondary N) is 2. The molecule has 0 fully saturated rings. The predicted molar refractivity (Wildman–Crippen MR) is 330 cm³/mol. The third-order valence-corrected chi connectivity index (χ3v) is 14.9. The van der Waals surface area contributed by atoms with Gasteiger partial charge >= 0.3 is 0 Å². The highest BCUT2D eigenvalue weighted by Gasteiger charge is 2.30. The van der Waals surface area contributed by atoms with Crippen molar-refractivity contribution in [2.24, 2.45) is 0 Å². The summed E-state index contributed by atoms with van der Waals surface area (Å²) < 4.78 is 123. The van der Waals surface area contributed by atoms with Gasteiger partial charge in [-0.1, -0.05) is 0 Å². The van der Waals surface area contributed by atoms with Gasteiger partial charge in [0.05, 0.1) is 180 Å². The van der Waals surface area contributed by atoms with E-state index in [9.17, 15) is 0 Å². The van der Waals surface area contributed by atoms with E-state index in [1.807, 2.05) is 48.5 Å². The molecule has 6 aliphatic heterocycles. The van der Waals surface area contributed by atoms with Gasteiger partial charge < -0.3 is 105 Å². The quantitative estimate of drug-likeness (QED) is 0.172. The number of aromatic nitrogens is 8. The van der Waals surface area contributed by atoms with Crippen molar-refractivity contribution < 1.29 is 94.7 Å². The Morgan fingerprint density at radius 3 is 0.761 bits per heavy atom. The second kappa shape index (κ2) is 32.1. The lowest BCUT2D eigenvalue weighted by atomic mass is 10.1. The molecule has 92 heavy (non-hydrogen) atoms. The van der Waals surface area contributed by atoms with E-state index < -0.39 is 0 Å². The molecular weight excluding hydrogens is 1200 g/mol. The normalized spacial score (nSPS) is 19.0. The van der Waals surface area contributed by atoms with Gasteiger partial charge in [0.1, 0.15) is 121 Å². The molecule has 28 nitrogen and oxygen atoms in total. The van der Waals surface area contributed by atoms with Gasteiger partial charge in [-0.3, -0.25) is 0 Å². The summed E-state index contributed by atoms with van der Waals surface area (Å²) in [6.07, 6.45) is 0. The van der Waals surface area contributed by atoms with Crippen molar-refractivity contribution >= 4 is 44.1 Å². The molecule has 0 spiro atoms. The van der Waals surface area contributed by atoms with Crippen molar-refractivity contribution in [1.29, 1.82) is 0 Å². The molecule has 0 aliphatic carbocycles. The average molecular weight is 1280 g/mol. The second-order valence-electron chi connectivity index (χ2n) is 21.1. The summed E-state index contributed by atoms with van der Waals surface area (Å²) in [6, 6.07) is 14.8. The van der Waals surface area contributed by atoms with Gasteiger partial charge in [-0.05, 0) is 24.3 Å². The highest BCUT2D eigenvalue weighted by atomic mass is 16.6. The lowest BCUT2D eigenvalue weighted by molar-refractivity contribution is 0.00438. The van der Waals surface area contributed by atoms with Crippen molar-refractivity contribution in [2.75, 3.05) is 211 Å². The molecule has 3 aromatic heterocycles. The summed E-state index contributed by atoms with van der Waals surface area (Å²) in [6.45, 7) is 9.95.